The summed E-state index contributed by atoms with van der Waals surface area (Å²) >= 11 is 0. The van der Waals surface area contributed by atoms with Crippen LogP contribution in [0.25, 0.3) is 0 Å². The Balaban J connectivity index is 3.64. The Morgan fingerprint density at radius 1 is 1.17 bits per heavy atom. The summed E-state index contributed by atoms with van der Waals surface area (Å²) in [5.74, 6) is 0. The van der Waals surface area contributed by atoms with E-state index in [2.05, 4.69) is 22.2 Å². The van der Waals surface area contributed by atoms with E-state index in [1.54, 1.807) is 0 Å². The van der Waals surface area contributed by atoms with Crippen LogP contribution in [0.4, 0.5) is 8.78 Å². The standard InChI is InChI=1S/C6H9F2O3P/c1-3-5(7)10-12(9)11-6(8)4-2/h3-6,9H,1-2H2. The van der Waals surface area contributed by atoms with Gasteiger partial charge in [-0.3, -0.25) is 9.05 Å². The van der Waals surface area contributed by atoms with E-state index in [9.17, 15) is 8.78 Å². The minimum Gasteiger partial charge on any atom is -0.328 e. The molecule has 3 nitrogen and oxygen atoms in total. The third-order valence-corrected chi connectivity index (χ3v) is 1.52. The van der Waals surface area contributed by atoms with Gasteiger partial charge in [0.1, 0.15) is 0 Å². The van der Waals surface area contributed by atoms with Gasteiger partial charge in [-0.25, -0.2) is 8.78 Å². The zero-order valence-electron chi connectivity index (χ0n) is 6.19. The van der Waals surface area contributed by atoms with Gasteiger partial charge in [0.05, 0.1) is 0 Å². The zero-order valence-corrected chi connectivity index (χ0v) is 7.08. The molecule has 12 heavy (non-hydrogen) atoms. The molecule has 0 aliphatic carbocycles. The molecular formula is C6H9F2O3P. The molecule has 0 saturated heterocycles. The molecule has 0 spiro atoms. The highest BCUT2D eigenvalue weighted by Gasteiger charge is 2.16. The Morgan fingerprint density at radius 2 is 1.50 bits per heavy atom. The summed E-state index contributed by atoms with van der Waals surface area (Å²) in [6.45, 7) is 6.09. The van der Waals surface area contributed by atoms with E-state index in [-0.39, 0.29) is 0 Å². The van der Waals surface area contributed by atoms with Gasteiger partial charge in [-0.15, -0.1) is 0 Å². The van der Waals surface area contributed by atoms with E-state index in [1.807, 2.05) is 0 Å². The summed E-state index contributed by atoms with van der Waals surface area (Å²) < 4.78 is 32.6. The number of alkyl halides is 2. The molecule has 0 rings (SSSR count). The SMILES string of the molecule is C=CC(F)OP(O)OC(F)C=C. The van der Waals surface area contributed by atoms with Gasteiger partial charge in [-0.2, -0.15) is 0 Å². The lowest BCUT2D eigenvalue weighted by molar-refractivity contribution is 0.0422. The maximum Gasteiger partial charge on any atom is 0.335 e. The Kier molecular flexibility index (Phi) is 6.02. The van der Waals surface area contributed by atoms with E-state index >= 15 is 0 Å². The lowest BCUT2D eigenvalue weighted by Gasteiger charge is -2.11. The van der Waals surface area contributed by atoms with Crippen LogP contribution in [0.15, 0.2) is 25.3 Å². The van der Waals surface area contributed by atoms with E-state index in [4.69, 9.17) is 4.89 Å². The van der Waals surface area contributed by atoms with Crippen molar-refractivity contribution >= 4 is 8.60 Å². The van der Waals surface area contributed by atoms with Crippen LogP contribution >= 0.6 is 8.60 Å². The van der Waals surface area contributed by atoms with E-state index < -0.39 is 21.3 Å². The van der Waals surface area contributed by atoms with Gasteiger partial charge in [-0.05, 0) is 12.2 Å². The van der Waals surface area contributed by atoms with Crippen LogP contribution in [0.5, 0.6) is 0 Å². The van der Waals surface area contributed by atoms with E-state index in [0.717, 1.165) is 12.2 Å². The monoisotopic (exact) mass is 198 g/mol. The maximum atomic E-state index is 12.2. The lowest BCUT2D eigenvalue weighted by Crippen LogP contribution is -2.03. The second kappa shape index (κ2) is 6.20. The predicted octanol–water partition coefficient (Wildman–Crippen LogP) is 2.20. The van der Waals surface area contributed by atoms with Crippen molar-refractivity contribution < 1.29 is 22.7 Å². The fourth-order valence-corrected chi connectivity index (χ4v) is 0.850. The highest BCUT2D eigenvalue weighted by Crippen LogP contribution is 2.37. The predicted molar refractivity (Wildman–Crippen MR) is 41.5 cm³/mol. The largest absolute Gasteiger partial charge is 0.335 e. The van der Waals surface area contributed by atoms with Crippen LogP contribution in [-0.2, 0) is 9.05 Å². The highest BCUT2D eigenvalue weighted by atomic mass is 31.2. The molecule has 0 aliphatic heterocycles. The molecule has 0 aromatic carbocycles. The zero-order chi connectivity index (χ0) is 9.56. The van der Waals surface area contributed by atoms with Crippen molar-refractivity contribution in [2.24, 2.45) is 0 Å². The van der Waals surface area contributed by atoms with Crippen molar-refractivity contribution in [3.63, 3.8) is 0 Å². The fourth-order valence-electron chi connectivity index (χ4n) is 0.283. The van der Waals surface area contributed by atoms with Crippen molar-refractivity contribution in [1.29, 1.82) is 0 Å². The smallest absolute Gasteiger partial charge is 0.328 e. The molecule has 2 atom stereocenters. The van der Waals surface area contributed by atoms with Crippen LogP contribution in [0, 0.1) is 0 Å². The summed E-state index contributed by atoms with van der Waals surface area (Å²) in [6.07, 6.45) is -2.12. The van der Waals surface area contributed by atoms with Gasteiger partial charge in [0.15, 0.2) is 0 Å². The summed E-state index contributed by atoms with van der Waals surface area (Å²) in [6, 6.07) is 0. The summed E-state index contributed by atoms with van der Waals surface area (Å²) in [4.78, 5) is 8.70. The Morgan fingerprint density at radius 3 is 1.75 bits per heavy atom. The highest BCUT2D eigenvalue weighted by molar-refractivity contribution is 7.40. The molecule has 0 saturated carbocycles. The van der Waals surface area contributed by atoms with E-state index in [1.165, 1.54) is 0 Å². The molecule has 6 heteroatoms. The molecule has 0 radical (unpaired) electrons. The van der Waals surface area contributed by atoms with Crippen LogP contribution in [0.1, 0.15) is 0 Å². The Labute approximate surface area is 70.3 Å². The number of halogens is 2. The first-order valence-corrected chi connectivity index (χ1v) is 4.09. The minimum absolute atomic E-state index is 0.802. The molecule has 0 bridgehead atoms. The molecule has 70 valence electrons. The Hall–Kier alpha value is -0.350. The van der Waals surface area contributed by atoms with Gasteiger partial charge in [0.2, 0.25) is 12.7 Å². The summed E-state index contributed by atoms with van der Waals surface area (Å²) in [7, 11) is -2.56. The average Bonchev–Trinajstić information content (AvgIpc) is 2.03. The van der Waals surface area contributed by atoms with Gasteiger partial charge >= 0.3 is 8.60 Å². The molecule has 0 aromatic heterocycles. The van der Waals surface area contributed by atoms with Crippen molar-refractivity contribution in [1.82, 2.24) is 0 Å². The van der Waals surface area contributed by atoms with Crippen molar-refractivity contribution in [2.45, 2.75) is 12.7 Å². The van der Waals surface area contributed by atoms with Gasteiger partial charge in [0, 0.05) is 0 Å². The number of hydrogen-bond acceptors (Lipinski definition) is 3. The lowest BCUT2D eigenvalue weighted by atomic mass is 10.7. The van der Waals surface area contributed by atoms with Gasteiger partial charge in [0.25, 0.3) is 0 Å². The topological polar surface area (TPSA) is 38.7 Å². The normalized spacial score (nSPS) is 17.9. The molecule has 0 aliphatic rings. The van der Waals surface area contributed by atoms with Crippen molar-refractivity contribution in [2.75, 3.05) is 0 Å². The summed E-state index contributed by atoms with van der Waals surface area (Å²) in [5, 5.41) is 0. The quantitative estimate of drug-likeness (QED) is 0.525. The maximum absolute atomic E-state index is 12.2. The molecular weight excluding hydrogens is 189 g/mol. The first-order valence-electron chi connectivity index (χ1n) is 2.96. The van der Waals surface area contributed by atoms with Crippen LogP contribution in [-0.4, -0.2) is 17.6 Å². The Bertz CT molecular complexity index is 140. The molecule has 0 fully saturated rings. The molecule has 2 unspecified atom stereocenters. The molecule has 0 heterocycles. The fraction of sp³-hybridized carbons (Fsp3) is 0.333. The van der Waals surface area contributed by atoms with Crippen molar-refractivity contribution in [3.8, 4) is 0 Å². The van der Waals surface area contributed by atoms with Crippen LogP contribution in [0.3, 0.4) is 0 Å². The van der Waals surface area contributed by atoms with Crippen LogP contribution in [0.2, 0.25) is 0 Å². The van der Waals surface area contributed by atoms with Gasteiger partial charge in [-0.1, -0.05) is 13.2 Å². The minimum atomic E-state index is -2.56. The first-order chi connectivity index (χ1) is 5.60. The second-order valence-corrected chi connectivity index (χ2v) is 2.52. The van der Waals surface area contributed by atoms with Crippen LogP contribution < -0.4 is 0 Å². The first kappa shape index (κ1) is 11.6. The molecule has 1 N–H and O–H groups in total. The van der Waals surface area contributed by atoms with Crippen molar-refractivity contribution in [3.05, 3.63) is 25.3 Å². The average molecular weight is 198 g/mol. The number of hydrogen-bond donors (Lipinski definition) is 1. The second-order valence-electron chi connectivity index (χ2n) is 1.62. The molecule has 0 aromatic rings. The third-order valence-electron chi connectivity index (χ3n) is 0.752. The third kappa shape index (κ3) is 5.32. The van der Waals surface area contributed by atoms with E-state index in [0.29, 0.717) is 0 Å². The summed E-state index contributed by atoms with van der Waals surface area (Å²) in [5.41, 5.74) is 0. The van der Waals surface area contributed by atoms with Gasteiger partial charge < -0.3 is 4.89 Å². The number of rotatable bonds is 6. The molecule has 0 amide bonds.